The average Bonchev–Trinajstić information content (AvgIpc) is 3.03. The van der Waals surface area contributed by atoms with E-state index in [2.05, 4.69) is 75.6 Å². The Morgan fingerprint density at radius 1 is 1.10 bits per heavy atom. The van der Waals surface area contributed by atoms with Crippen molar-refractivity contribution in [1.82, 2.24) is 5.32 Å². The minimum Gasteiger partial charge on any atom is -0.368 e. The van der Waals surface area contributed by atoms with Gasteiger partial charge in [-0.25, -0.2) is 0 Å². The number of hydrogen-bond donors (Lipinski definition) is 1. The quantitative estimate of drug-likeness (QED) is 0.895. The number of nitrogens with one attached hydrogen (secondary N) is 1. The molecule has 0 unspecified atom stereocenters. The van der Waals surface area contributed by atoms with E-state index in [1.54, 1.807) is 0 Å². The number of aryl methyl sites for hydroxylation is 3. The van der Waals surface area contributed by atoms with Crippen LogP contribution in [0, 0.1) is 6.92 Å². The van der Waals surface area contributed by atoms with Crippen LogP contribution in [-0.4, -0.2) is 18.9 Å². The number of nitrogens with zero attached hydrogens (tertiary/aromatic N) is 1. The van der Waals surface area contributed by atoms with Crippen molar-refractivity contribution in [1.29, 1.82) is 0 Å². The van der Waals surface area contributed by atoms with Gasteiger partial charge in [-0.15, -0.1) is 0 Å². The molecule has 108 valence electrons. The van der Waals surface area contributed by atoms with Gasteiger partial charge in [0.25, 0.3) is 0 Å². The molecular formula is C18H19BrN2. The number of aliphatic imine (C=N–C) groups is 1. The van der Waals surface area contributed by atoms with Crippen LogP contribution in [0.2, 0.25) is 0 Å². The SMILES string of the molecule is Cc1ccc(Br)c(CCc2ccccc2C2=NCCN2)c1. The molecule has 1 aliphatic rings. The molecule has 21 heavy (non-hydrogen) atoms. The van der Waals surface area contributed by atoms with Gasteiger partial charge >= 0.3 is 0 Å². The highest BCUT2D eigenvalue weighted by Gasteiger charge is 2.12. The maximum Gasteiger partial charge on any atom is 0.128 e. The molecule has 0 radical (unpaired) electrons. The molecule has 0 aromatic heterocycles. The fourth-order valence-corrected chi connectivity index (χ4v) is 3.16. The molecule has 1 aliphatic heterocycles. The number of benzene rings is 2. The van der Waals surface area contributed by atoms with E-state index >= 15 is 0 Å². The number of amidine groups is 1. The zero-order valence-corrected chi connectivity index (χ0v) is 13.8. The van der Waals surface area contributed by atoms with Gasteiger partial charge < -0.3 is 5.32 Å². The molecule has 0 bridgehead atoms. The summed E-state index contributed by atoms with van der Waals surface area (Å²) in [5.41, 5.74) is 5.28. The zero-order chi connectivity index (χ0) is 14.7. The van der Waals surface area contributed by atoms with E-state index in [1.807, 2.05) is 0 Å². The maximum absolute atomic E-state index is 4.55. The Bertz CT molecular complexity index is 677. The van der Waals surface area contributed by atoms with Crippen LogP contribution >= 0.6 is 15.9 Å². The monoisotopic (exact) mass is 342 g/mol. The molecule has 1 heterocycles. The van der Waals surface area contributed by atoms with E-state index in [4.69, 9.17) is 0 Å². The summed E-state index contributed by atoms with van der Waals surface area (Å²) in [4.78, 5) is 4.55. The molecule has 0 spiro atoms. The highest BCUT2D eigenvalue weighted by molar-refractivity contribution is 9.10. The molecule has 0 saturated carbocycles. The molecule has 2 aromatic rings. The van der Waals surface area contributed by atoms with Crippen molar-refractivity contribution >= 4 is 21.8 Å². The van der Waals surface area contributed by atoms with Gasteiger partial charge in [0.1, 0.15) is 5.84 Å². The van der Waals surface area contributed by atoms with Gasteiger partial charge in [-0.05, 0) is 37.0 Å². The summed E-state index contributed by atoms with van der Waals surface area (Å²) < 4.78 is 1.20. The van der Waals surface area contributed by atoms with E-state index < -0.39 is 0 Å². The van der Waals surface area contributed by atoms with Gasteiger partial charge in [0.2, 0.25) is 0 Å². The first-order valence-corrected chi connectivity index (χ1v) is 8.15. The summed E-state index contributed by atoms with van der Waals surface area (Å²) in [6, 6.07) is 15.1. The second kappa shape index (κ2) is 6.44. The third-order valence-electron chi connectivity index (χ3n) is 3.81. The van der Waals surface area contributed by atoms with Crippen LogP contribution in [0.3, 0.4) is 0 Å². The summed E-state index contributed by atoms with van der Waals surface area (Å²) in [7, 11) is 0. The predicted molar refractivity (Wildman–Crippen MR) is 92.1 cm³/mol. The summed E-state index contributed by atoms with van der Waals surface area (Å²) in [5, 5.41) is 3.37. The molecule has 0 atom stereocenters. The molecular weight excluding hydrogens is 324 g/mol. The molecule has 3 heteroatoms. The van der Waals surface area contributed by atoms with E-state index in [0.717, 1.165) is 31.8 Å². The topological polar surface area (TPSA) is 24.4 Å². The molecule has 0 amide bonds. The van der Waals surface area contributed by atoms with E-state index in [1.165, 1.54) is 26.7 Å². The Kier molecular flexibility index (Phi) is 4.39. The summed E-state index contributed by atoms with van der Waals surface area (Å²) in [5.74, 6) is 1.05. The molecule has 2 nitrogen and oxygen atoms in total. The Morgan fingerprint density at radius 2 is 1.90 bits per heavy atom. The van der Waals surface area contributed by atoms with E-state index in [-0.39, 0.29) is 0 Å². The van der Waals surface area contributed by atoms with Crippen LogP contribution in [0.15, 0.2) is 51.9 Å². The summed E-state index contributed by atoms with van der Waals surface area (Å²) >= 11 is 3.65. The smallest absolute Gasteiger partial charge is 0.128 e. The minimum absolute atomic E-state index is 0.882. The molecule has 0 aliphatic carbocycles. The lowest BCUT2D eigenvalue weighted by atomic mass is 9.98. The molecule has 0 fully saturated rings. The second-order valence-electron chi connectivity index (χ2n) is 5.41. The van der Waals surface area contributed by atoms with Crippen LogP contribution in [0.5, 0.6) is 0 Å². The van der Waals surface area contributed by atoms with Crippen molar-refractivity contribution in [3.8, 4) is 0 Å². The van der Waals surface area contributed by atoms with Crippen LogP contribution in [0.25, 0.3) is 0 Å². The Hall–Kier alpha value is -1.61. The average molecular weight is 343 g/mol. The van der Waals surface area contributed by atoms with Crippen molar-refractivity contribution in [2.45, 2.75) is 19.8 Å². The largest absolute Gasteiger partial charge is 0.368 e. The van der Waals surface area contributed by atoms with Crippen LogP contribution in [0.1, 0.15) is 22.3 Å². The zero-order valence-electron chi connectivity index (χ0n) is 12.2. The predicted octanol–water partition coefficient (Wildman–Crippen LogP) is 3.89. The summed E-state index contributed by atoms with van der Waals surface area (Å²) in [6.45, 7) is 3.97. The lowest BCUT2D eigenvalue weighted by molar-refractivity contribution is 0.941. The Morgan fingerprint density at radius 3 is 2.71 bits per heavy atom. The minimum atomic E-state index is 0.882. The lowest BCUT2D eigenvalue weighted by Crippen LogP contribution is -2.21. The number of hydrogen-bond acceptors (Lipinski definition) is 2. The molecule has 1 N–H and O–H groups in total. The Balaban J connectivity index is 1.81. The molecule has 3 rings (SSSR count). The summed E-state index contributed by atoms with van der Waals surface area (Å²) in [6.07, 6.45) is 2.06. The maximum atomic E-state index is 4.55. The fraction of sp³-hybridized carbons (Fsp3) is 0.278. The van der Waals surface area contributed by atoms with Crippen molar-refractivity contribution in [3.05, 3.63) is 69.2 Å². The van der Waals surface area contributed by atoms with Crippen molar-refractivity contribution in [2.75, 3.05) is 13.1 Å². The standard InChI is InChI=1S/C18H19BrN2/c1-13-6-9-17(19)15(12-13)8-7-14-4-2-3-5-16(14)18-20-10-11-21-18/h2-6,9,12H,7-8,10-11H2,1H3,(H,20,21). The highest BCUT2D eigenvalue weighted by atomic mass is 79.9. The van der Waals surface area contributed by atoms with Gasteiger partial charge in [0, 0.05) is 16.6 Å². The van der Waals surface area contributed by atoms with Crippen LogP contribution in [-0.2, 0) is 12.8 Å². The fourth-order valence-electron chi connectivity index (χ4n) is 2.71. The third-order valence-corrected chi connectivity index (χ3v) is 4.59. The Labute approximate surface area is 134 Å². The van der Waals surface area contributed by atoms with Gasteiger partial charge in [-0.1, -0.05) is 57.9 Å². The number of rotatable bonds is 4. The van der Waals surface area contributed by atoms with Crippen molar-refractivity contribution in [3.63, 3.8) is 0 Å². The molecule has 2 aromatic carbocycles. The van der Waals surface area contributed by atoms with Crippen LogP contribution < -0.4 is 5.32 Å². The normalized spacial score (nSPS) is 13.9. The highest BCUT2D eigenvalue weighted by Crippen LogP contribution is 2.21. The first-order chi connectivity index (χ1) is 10.2. The van der Waals surface area contributed by atoms with E-state index in [9.17, 15) is 0 Å². The van der Waals surface area contributed by atoms with Gasteiger partial charge in [0.05, 0.1) is 6.54 Å². The van der Waals surface area contributed by atoms with E-state index in [0.29, 0.717) is 0 Å². The van der Waals surface area contributed by atoms with Crippen molar-refractivity contribution < 1.29 is 0 Å². The first kappa shape index (κ1) is 14.3. The van der Waals surface area contributed by atoms with Gasteiger partial charge in [-0.3, -0.25) is 4.99 Å². The number of halogens is 1. The van der Waals surface area contributed by atoms with Gasteiger partial charge in [-0.2, -0.15) is 0 Å². The van der Waals surface area contributed by atoms with Crippen LogP contribution in [0.4, 0.5) is 0 Å². The third kappa shape index (κ3) is 3.35. The van der Waals surface area contributed by atoms with Gasteiger partial charge in [0.15, 0.2) is 0 Å². The van der Waals surface area contributed by atoms with Crippen molar-refractivity contribution in [2.24, 2.45) is 4.99 Å². The second-order valence-corrected chi connectivity index (χ2v) is 6.26. The first-order valence-electron chi connectivity index (χ1n) is 7.35. The molecule has 0 saturated heterocycles. The lowest BCUT2D eigenvalue weighted by Gasteiger charge is -2.11.